The van der Waals surface area contributed by atoms with E-state index in [9.17, 15) is 0 Å². The maximum absolute atomic E-state index is 5.96. The lowest BCUT2D eigenvalue weighted by Gasteiger charge is -2.15. The van der Waals surface area contributed by atoms with Crippen LogP contribution in [0.2, 0.25) is 0 Å². The molecule has 0 saturated carbocycles. The topological polar surface area (TPSA) is 47.1 Å². The van der Waals surface area contributed by atoms with E-state index in [2.05, 4.69) is 53.5 Å². The summed E-state index contributed by atoms with van der Waals surface area (Å²) in [6.45, 7) is 7.14. The Hall–Kier alpha value is -1.55. The van der Waals surface area contributed by atoms with Crippen LogP contribution in [0.25, 0.3) is 11.0 Å². The van der Waals surface area contributed by atoms with Crippen molar-refractivity contribution in [1.29, 1.82) is 0 Å². The Bertz CT molecular complexity index is 515. The van der Waals surface area contributed by atoms with Gasteiger partial charge in [0.05, 0.1) is 11.0 Å². The van der Waals surface area contributed by atoms with Gasteiger partial charge in [0.2, 0.25) is 5.95 Å². The lowest BCUT2D eigenvalue weighted by atomic mass is 10.2. The van der Waals surface area contributed by atoms with Gasteiger partial charge in [-0.05, 0) is 38.2 Å². The molecule has 0 bridgehead atoms. The second-order valence-electron chi connectivity index (χ2n) is 4.51. The molecule has 0 aliphatic carbocycles. The number of benzene rings is 1. The molecule has 17 heavy (non-hydrogen) atoms. The summed E-state index contributed by atoms with van der Waals surface area (Å²) < 4.78 is 2.08. The molecule has 0 unspecified atom stereocenters. The van der Waals surface area contributed by atoms with Gasteiger partial charge >= 0.3 is 0 Å². The van der Waals surface area contributed by atoms with Gasteiger partial charge in [-0.2, -0.15) is 0 Å². The second-order valence-corrected chi connectivity index (χ2v) is 4.51. The molecule has 4 heteroatoms. The monoisotopic (exact) mass is 232 g/mol. The van der Waals surface area contributed by atoms with E-state index in [-0.39, 0.29) is 0 Å². The molecular formula is C13H20N4. The summed E-state index contributed by atoms with van der Waals surface area (Å²) in [5.41, 5.74) is 9.29. The molecular weight excluding hydrogens is 212 g/mol. The number of hydrogen-bond acceptors (Lipinski definition) is 3. The molecule has 1 aromatic carbocycles. The molecule has 0 spiro atoms. The number of likely N-dealkylation sites (N-methyl/N-ethyl adjacent to an activating group) is 1. The van der Waals surface area contributed by atoms with Crippen LogP contribution in [-0.4, -0.2) is 34.6 Å². The summed E-state index contributed by atoms with van der Waals surface area (Å²) in [6, 6.07) is 6.27. The molecule has 92 valence electrons. The first kappa shape index (κ1) is 11.9. The lowest BCUT2D eigenvalue weighted by Crippen LogP contribution is -2.23. The zero-order chi connectivity index (χ0) is 12.4. The van der Waals surface area contributed by atoms with Gasteiger partial charge in [-0.1, -0.05) is 13.0 Å². The normalized spacial score (nSPS) is 11.5. The van der Waals surface area contributed by atoms with Crippen LogP contribution >= 0.6 is 0 Å². The highest BCUT2D eigenvalue weighted by molar-refractivity contribution is 5.79. The van der Waals surface area contributed by atoms with E-state index < -0.39 is 0 Å². The van der Waals surface area contributed by atoms with Gasteiger partial charge in [-0.25, -0.2) is 4.98 Å². The molecule has 0 radical (unpaired) electrons. The molecule has 0 atom stereocenters. The van der Waals surface area contributed by atoms with Crippen LogP contribution < -0.4 is 5.73 Å². The van der Waals surface area contributed by atoms with Crippen LogP contribution in [-0.2, 0) is 6.54 Å². The molecule has 2 rings (SSSR count). The van der Waals surface area contributed by atoms with Crippen LogP contribution in [0.15, 0.2) is 18.2 Å². The molecule has 0 saturated heterocycles. The summed E-state index contributed by atoms with van der Waals surface area (Å²) in [7, 11) is 2.11. The molecule has 2 N–H and O–H groups in total. The van der Waals surface area contributed by atoms with Gasteiger partial charge in [-0.15, -0.1) is 0 Å². The van der Waals surface area contributed by atoms with Crippen LogP contribution in [0.4, 0.5) is 5.95 Å². The number of nitrogens with two attached hydrogens (primary N) is 1. The Kier molecular flexibility index (Phi) is 3.33. The van der Waals surface area contributed by atoms with Gasteiger partial charge in [-0.3, -0.25) is 0 Å². The second kappa shape index (κ2) is 4.75. The third kappa shape index (κ3) is 2.42. The van der Waals surface area contributed by atoms with Crippen molar-refractivity contribution in [3.63, 3.8) is 0 Å². The van der Waals surface area contributed by atoms with Crippen molar-refractivity contribution < 1.29 is 0 Å². The molecule has 0 fully saturated rings. The first-order valence-corrected chi connectivity index (χ1v) is 6.02. The minimum atomic E-state index is 0.607. The van der Waals surface area contributed by atoms with Crippen molar-refractivity contribution in [2.45, 2.75) is 20.4 Å². The van der Waals surface area contributed by atoms with Gasteiger partial charge in [0.1, 0.15) is 0 Å². The summed E-state index contributed by atoms with van der Waals surface area (Å²) in [4.78, 5) is 6.66. The number of hydrogen-bond donors (Lipinski definition) is 1. The SMILES string of the molecule is CCN(C)CCn1c(N)nc2cc(C)ccc21. The number of imidazole rings is 1. The third-order valence-corrected chi connectivity index (χ3v) is 3.18. The number of aromatic nitrogens is 2. The van der Waals surface area contributed by atoms with Crippen molar-refractivity contribution in [1.82, 2.24) is 14.5 Å². The number of nitrogen functional groups attached to an aromatic ring is 1. The maximum Gasteiger partial charge on any atom is 0.201 e. The smallest absolute Gasteiger partial charge is 0.201 e. The van der Waals surface area contributed by atoms with Crippen molar-refractivity contribution in [3.05, 3.63) is 23.8 Å². The lowest BCUT2D eigenvalue weighted by molar-refractivity contribution is 0.338. The Morgan fingerprint density at radius 1 is 1.41 bits per heavy atom. The standard InChI is InChI=1S/C13H20N4/c1-4-16(3)7-8-17-12-6-5-10(2)9-11(12)15-13(17)14/h5-6,9H,4,7-8H2,1-3H3,(H2,14,15). The van der Waals surface area contributed by atoms with E-state index in [0.717, 1.165) is 30.7 Å². The van der Waals surface area contributed by atoms with E-state index >= 15 is 0 Å². The number of fused-ring (bicyclic) bond motifs is 1. The molecule has 1 heterocycles. The van der Waals surface area contributed by atoms with E-state index in [1.165, 1.54) is 5.56 Å². The van der Waals surface area contributed by atoms with Gasteiger partial charge < -0.3 is 15.2 Å². The third-order valence-electron chi connectivity index (χ3n) is 3.18. The van der Waals surface area contributed by atoms with Crippen molar-refractivity contribution >= 4 is 17.0 Å². The Morgan fingerprint density at radius 2 is 2.18 bits per heavy atom. The van der Waals surface area contributed by atoms with Crippen molar-refractivity contribution in [2.75, 3.05) is 25.9 Å². The largest absolute Gasteiger partial charge is 0.369 e. The maximum atomic E-state index is 5.96. The van der Waals surface area contributed by atoms with E-state index in [4.69, 9.17) is 5.73 Å². The highest BCUT2D eigenvalue weighted by Gasteiger charge is 2.08. The van der Waals surface area contributed by atoms with Crippen LogP contribution in [0.1, 0.15) is 12.5 Å². The highest BCUT2D eigenvalue weighted by Crippen LogP contribution is 2.18. The highest BCUT2D eigenvalue weighted by atomic mass is 15.2. The number of aryl methyl sites for hydroxylation is 1. The fraction of sp³-hybridized carbons (Fsp3) is 0.462. The average Bonchev–Trinajstić information content (AvgIpc) is 2.61. The summed E-state index contributed by atoms with van der Waals surface area (Å²) >= 11 is 0. The predicted molar refractivity (Wildman–Crippen MR) is 72.1 cm³/mol. The minimum Gasteiger partial charge on any atom is -0.369 e. The van der Waals surface area contributed by atoms with Crippen LogP contribution in [0.3, 0.4) is 0 Å². The predicted octanol–water partition coefficient (Wildman–Crippen LogP) is 1.88. The Labute approximate surface area is 102 Å². The quantitative estimate of drug-likeness (QED) is 0.875. The minimum absolute atomic E-state index is 0.607. The first-order chi connectivity index (χ1) is 8.11. The Balaban J connectivity index is 2.30. The van der Waals surface area contributed by atoms with Crippen molar-refractivity contribution in [3.8, 4) is 0 Å². The number of anilines is 1. The summed E-state index contributed by atoms with van der Waals surface area (Å²) in [5, 5.41) is 0. The fourth-order valence-electron chi connectivity index (χ4n) is 1.92. The van der Waals surface area contributed by atoms with Crippen molar-refractivity contribution in [2.24, 2.45) is 0 Å². The Morgan fingerprint density at radius 3 is 2.88 bits per heavy atom. The van der Waals surface area contributed by atoms with E-state index in [1.807, 2.05) is 0 Å². The van der Waals surface area contributed by atoms with E-state index in [1.54, 1.807) is 0 Å². The zero-order valence-corrected chi connectivity index (χ0v) is 10.8. The van der Waals surface area contributed by atoms with Gasteiger partial charge in [0.25, 0.3) is 0 Å². The first-order valence-electron chi connectivity index (χ1n) is 6.02. The summed E-state index contributed by atoms with van der Waals surface area (Å²) in [5.74, 6) is 0.607. The fourth-order valence-corrected chi connectivity index (χ4v) is 1.92. The summed E-state index contributed by atoms with van der Waals surface area (Å²) in [6.07, 6.45) is 0. The van der Waals surface area contributed by atoms with E-state index in [0.29, 0.717) is 5.95 Å². The molecule has 0 amide bonds. The molecule has 0 aliphatic heterocycles. The number of rotatable bonds is 4. The van der Waals surface area contributed by atoms with Gasteiger partial charge in [0.15, 0.2) is 0 Å². The molecule has 4 nitrogen and oxygen atoms in total. The van der Waals surface area contributed by atoms with Gasteiger partial charge in [0, 0.05) is 13.1 Å². The zero-order valence-electron chi connectivity index (χ0n) is 10.8. The average molecular weight is 232 g/mol. The van der Waals surface area contributed by atoms with Crippen LogP contribution in [0, 0.1) is 6.92 Å². The van der Waals surface area contributed by atoms with Crippen LogP contribution in [0.5, 0.6) is 0 Å². The molecule has 0 aliphatic rings. The number of nitrogens with zero attached hydrogens (tertiary/aromatic N) is 3. The molecule has 1 aromatic heterocycles. The molecule has 2 aromatic rings.